The molecular weight excluding hydrogens is 473 g/mol. The second kappa shape index (κ2) is 10.9. The van der Waals surface area contributed by atoms with E-state index in [0.717, 1.165) is 75.2 Å². The molecule has 0 atom stereocenters. The van der Waals surface area contributed by atoms with Crippen molar-refractivity contribution in [1.29, 1.82) is 0 Å². The Kier molecular flexibility index (Phi) is 7.21. The number of aromatic nitrogens is 3. The maximum atomic E-state index is 14.2. The van der Waals surface area contributed by atoms with Gasteiger partial charge in [-0.2, -0.15) is 0 Å². The van der Waals surface area contributed by atoms with Gasteiger partial charge in [0.25, 0.3) is 0 Å². The van der Waals surface area contributed by atoms with Crippen LogP contribution in [0, 0.1) is 5.82 Å². The lowest BCUT2D eigenvalue weighted by Gasteiger charge is -2.40. The van der Waals surface area contributed by atoms with E-state index in [0.29, 0.717) is 5.69 Å². The minimum absolute atomic E-state index is 0.137. The van der Waals surface area contributed by atoms with Crippen molar-refractivity contribution in [1.82, 2.24) is 24.6 Å². The highest BCUT2D eigenvalue weighted by atomic mass is 32.1. The van der Waals surface area contributed by atoms with E-state index in [1.807, 2.05) is 12.1 Å². The molecular formula is C27H36FN7S. The molecule has 9 heteroatoms. The Morgan fingerprint density at radius 2 is 1.50 bits per heavy atom. The van der Waals surface area contributed by atoms with Crippen molar-refractivity contribution in [2.45, 2.75) is 44.7 Å². The monoisotopic (exact) mass is 509 g/mol. The van der Waals surface area contributed by atoms with Gasteiger partial charge in [-0.25, -0.2) is 4.39 Å². The number of hydrogen-bond acceptors (Lipinski definition) is 7. The number of hydrogen-bond donors (Lipinski definition) is 0. The first-order valence-electron chi connectivity index (χ1n) is 13.5. The first kappa shape index (κ1) is 23.9. The zero-order valence-electron chi connectivity index (χ0n) is 20.9. The number of anilines is 2. The summed E-state index contributed by atoms with van der Waals surface area (Å²) >= 11 is 1.69. The fourth-order valence-electron chi connectivity index (χ4n) is 5.97. The third-order valence-corrected chi connectivity index (χ3v) is 9.05. The summed E-state index contributed by atoms with van der Waals surface area (Å²) in [5, 5.41) is 11.1. The van der Waals surface area contributed by atoms with Gasteiger partial charge in [0.2, 0.25) is 10.3 Å². The molecule has 2 saturated heterocycles. The first-order valence-corrected chi connectivity index (χ1v) is 14.3. The Bertz CT molecular complexity index is 1120. The summed E-state index contributed by atoms with van der Waals surface area (Å²) in [7, 11) is 0. The lowest BCUT2D eigenvalue weighted by Crippen LogP contribution is -2.50. The van der Waals surface area contributed by atoms with E-state index in [-0.39, 0.29) is 5.82 Å². The van der Waals surface area contributed by atoms with Crippen molar-refractivity contribution >= 4 is 22.2 Å². The summed E-state index contributed by atoms with van der Waals surface area (Å²) in [6, 6.07) is 12.1. The van der Waals surface area contributed by atoms with Gasteiger partial charge in [0.05, 0.1) is 5.69 Å². The van der Waals surface area contributed by atoms with Crippen LogP contribution in [0.2, 0.25) is 0 Å². The molecule has 3 aliphatic rings. The highest BCUT2D eigenvalue weighted by Crippen LogP contribution is 2.28. The van der Waals surface area contributed by atoms with Crippen molar-refractivity contribution in [2.24, 2.45) is 0 Å². The van der Waals surface area contributed by atoms with Crippen molar-refractivity contribution in [2.75, 3.05) is 62.2 Å². The van der Waals surface area contributed by atoms with Crippen molar-refractivity contribution in [3.8, 4) is 5.13 Å². The maximum Gasteiger partial charge on any atom is 0.218 e. The molecule has 1 aromatic carbocycles. The number of para-hydroxylation sites is 1. The Morgan fingerprint density at radius 1 is 0.778 bits per heavy atom. The molecule has 3 fully saturated rings. The van der Waals surface area contributed by atoms with Gasteiger partial charge in [0.15, 0.2) is 0 Å². The average molecular weight is 510 g/mol. The predicted octanol–water partition coefficient (Wildman–Crippen LogP) is 4.24. The van der Waals surface area contributed by atoms with Crippen LogP contribution >= 0.6 is 11.3 Å². The largest absolute Gasteiger partial charge is 0.367 e. The van der Waals surface area contributed by atoms with Crippen LogP contribution in [0.4, 0.5) is 15.2 Å². The van der Waals surface area contributed by atoms with Crippen LogP contribution in [0.25, 0.3) is 5.13 Å². The fourth-order valence-corrected chi connectivity index (χ4v) is 6.89. The van der Waals surface area contributed by atoms with Gasteiger partial charge >= 0.3 is 0 Å². The molecule has 192 valence electrons. The van der Waals surface area contributed by atoms with Crippen LogP contribution in [-0.4, -0.2) is 83.0 Å². The molecule has 36 heavy (non-hydrogen) atoms. The van der Waals surface area contributed by atoms with Gasteiger partial charge in [0.1, 0.15) is 5.82 Å². The van der Waals surface area contributed by atoms with Crippen LogP contribution in [-0.2, 0) is 6.54 Å². The summed E-state index contributed by atoms with van der Waals surface area (Å²) in [5.41, 5.74) is 1.93. The molecule has 0 bridgehead atoms. The molecule has 2 aromatic heterocycles. The van der Waals surface area contributed by atoms with Crippen LogP contribution in [0.5, 0.6) is 0 Å². The molecule has 0 N–H and O–H groups in total. The zero-order chi connectivity index (χ0) is 24.3. The molecule has 6 rings (SSSR count). The molecule has 4 heterocycles. The number of rotatable bonds is 6. The van der Waals surface area contributed by atoms with Gasteiger partial charge in [-0.05, 0) is 37.1 Å². The molecule has 1 saturated carbocycles. The van der Waals surface area contributed by atoms with Crippen molar-refractivity contribution in [3.05, 3.63) is 54.1 Å². The van der Waals surface area contributed by atoms with Crippen LogP contribution in [0.1, 0.15) is 37.8 Å². The number of benzene rings is 1. The van der Waals surface area contributed by atoms with E-state index in [9.17, 15) is 4.39 Å². The lowest BCUT2D eigenvalue weighted by atomic mass is 9.94. The topological polar surface area (TPSA) is 43.7 Å². The Balaban J connectivity index is 1.05. The normalized spacial score (nSPS) is 20.8. The van der Waals surface area contributed by atoms with Gasteiger partial charge in [-0.15, -0.1) is 10.2 Å². The highest BCUT2D eigenvalue weighted by molar-refractivity contribution is 7.17. The average Bonchev–Trinajstić information content (AvgIpc) is 3.60. The molecule has 0 spiro atoms. The molecule has 0 unspecified atom stereocenters. The van der Waals surface area contributed by atoms with Gasteiger partial charge in [-0.3, -0.25) is 14.4 Å². The third-order valence-electron chi connectivity index (χ3n) is 8.07. The summed E-state index contributed by atoms with van der Waals surface area (Å²) in [6.45, 7) is 8.67. The standard InChI is InChI=1S/C27H36FN7S/c28-24-10-4-5-11-25(24)33-15-13-31(14-16-33)21-23-9-6-12-35(23)27-30-29-26(36-27)34-19-17-32(18-20-34)22-7-2-1-3-8-22/h4-6,9-12,22H,1-3,7-8,13-21H2. The summed E-state index contributed by atoms with van der Waals surface area (Å²) in [4.78, 5) is 9.70. The SMILES string of the molecule is Fc1ccccc1N1CCN(Cc2cccn2-c2nnc(N3CCN(C4CCCCC4)CC3)s2)CC1. The Labute approximate surface area is 217 Å². The van der Waals surface area contributed by atoms with E-state index < -0.39 is 0 Å². The van der Waals surface area contributed by atoms with Crippen molar-refractivity contribution in [3.63, 3.8) is 0 Å². The van der Waals surface area contributed by atoms with Gasteiger partial charge < -0.3 is 9.80 Å². The molecule has 7 nitrogen and oxygen atoms in total. The van der Waals surface area contributed by atoms with E-state index in [1.165, 1.54) is 37.8 Å². The number of nitrogens with zero attached hydrogens (tertiary/aromatic N) is 7. The molecule has 2 aliphatic heterocycles. The molecule has 0 amide bonds. The number of piperazine rings is 2. The van der Waals surface area contributed by atoms with Gasteiger partial charge in [-0.1, -0.05) is 42.7 Å². The van der Waals surface area contributed by atoms with E-state index in [1.54, 1.807) is 23.5 Å². The molecule has 0 radical (unpaired) electrons. The first-order chi connectivity index (χ1) is 17.7. The second-order valence-electron chi connectivity index (χ2n) is 10.3. The van der Waals surface area contributed by atoms with E-state index >= 15 is 0 Å². The number of halogens is 1. The zero-order valence-corrected chi connectivity index (χ0v) is 21.8. The van der Waals surface area contributed by atoms with Crippen LogP contribution < -0.4 is 9.80 Å². The summed E-state index contributed by atoms with van der Waals surface area (Å²) in [5.74, 6) is -0.137. The van der Waals surface area contributed by atoms with E-state index in [2.05, 4.69) is 52.7 Å². The Hall–Kier alpha value is -2.49. The smallest absolute Gasteiger partial charge is 0.218 e. The lowest BCUT2D eigenvalue weighted by molar-refractivity contribution is 0.148. The van der Waals surface area contributed by atoms with Crippen LogP contribution in [0.15, 0.2) is 42.6 Å². The third kappa shape index (κ3) is 5.14. The predicted molar refractivity (Wildman–Crippen MR) is 144 cm³/mol. The van der Waals surface area contributed by atoms with Gasteiger partial charge in [0, 0.05) is 76.8 Å². The second-order valence-corrected chi connectivity index (χ2v) is 11.2. The van der Waals surface area contributed by atoms with E-state index in [4.69, 9.17) is 0 Å². The minimum Gasteiger partial charge on any atom is -0.367 e. The Morgan fingerprint density at radius 3 is 2.28 bits per heavy atom. The molecule has 1 aliphatic carbocycles. The minimum atomic E-state index is -0.137. The quantitative estimate of drug-likeness (QED) is 0.495. The molecule has 3 aromatic rings. The van der Waals surface area contributed by atoms with Crippen molar-refractivity contribution < 1.29 is 4.39 Å². The fraction of sp³-hybridized carbons (Fsp3) is 0.556. The summed E-state index contributed by atoms with van der Waals surface area (Å²) in [6.07, 6.45) is 9.04. The van der Waals surface area contributed by atoms with Crippen LogP contribution in [0.3, 0.4) is 0 Å². The maximum absolute atomic E-state index is 14.2. The highest BCUT2D eigenvalue weighted by Gasteiger charge is 2.27. The summed E-state index contributed by atoms with van der Waals surface area (Å²) < 4.78 is 16.4.